The van der Waals surface area contributed by atoms with Crippen LogP contribution in [0.15, 0.2) is 71.1 Å². The summed E-state index contributed by atoms with van der Waals surface area (Å²) < 4.78 is 66.0. The molecule has 2 N–H and O–H groups in total. The number of amides is 2. The molecule has 2 amide bonds. The van der Waals surface area contributed by atoms with Gasteiger partial charge in [0.2, 0.25) is 15.9 Å². The summed E-state index contributed by atoms with van der Waals surface area (Å²) in [5.74, 6) is -0.788. The molecule has 7 aromatic rings. The molecule has 2 fully saturated rings. The summed E-state index contributed by atoms with van der Waals surface area (Å²) in [5.41, 5.74) is 3.98. The van der Waals surface area contributed by atoms with Gasteiger partial charge in [-0.25, -0.2) is 27.2 Å². The van der Waals surface area contributed by atoms with Crippen molar-refractivity contribution in [3.05, 3.63) is 95.3 Å². The number of rotatable bonds is 7. The van der Waals surface area contributed by atoms with E-state index in [1.54, 1.807) is 43.3 Å². The molecule has 0 saturated carbocycles. The number of carbonyl (C=O) groups excluding carboxylic acids is 2. The van der Waals surface area contributed by atoms with E-state index >= 15 is 8.78 Å². The van der Waals surface area contributed by atoms with Crippen molar-refractivity contribution in [2.75, 3.05) is 44.3 Å². The number of likely N-dealkylation sites (tertiary alicyclic amines) is 1. The van der Waals surface area contributed by atoms with Gasteiger partial charge >= 0.3 is 0 Å². The van der Waals surface area contributed by atoms with Crippen molar-refractivity contribution in [2.45, 2.75) is 19.9 Å². The largest absolute Gasteiger partial charge is 0.455 e. The number of aryl methyl sites for hydroxylation is 1. The zero-order valence-electron chi connectivity index (χ0n) is 30.3. The van der Waals surface area contributed by atoms with Gasteiger partial charge in [-0.15, -0.1) is 0 Å². The second-order valence-electron chi connectivity index (χ2n) is 14.7. The Labute approximate surface area is 313 Å². The third-order valence-electron chi connectivity index (χ3n) is 10.8. The highest BCUT2D eigenvalue weighted by Gasteiger charge is 2.48. The number of sulfonamides is 1. The summed E-state index contributed by atoms with van der Waals surface area (Å²) in [6, 6.07) is 17.8. The lowest BCUT2D eigenvalue weighted by atomic mass is 9.79. The maximum atomic E-state index is 15.4. The summed E-state index contributed by atoms with van der Waals surface area (Å²) in [6.45, 7) is 4.29. The Hall–Kier alpha value is -5.93. The number of anilines is 1. The fraction of sp³-hybridized carbons (Fsp3) is 0.250. The molecule has 12 nitrogen and oxygen atoms in total. The monoisotopic (exact) mass is 763 g/mol. The van der Waals surface area contributed by atoms with Gasteiger partial charge in [-0.3, -0.25) is 23.2 Å². The Morgan fingerprint density at radius 2 is 1.80 bits per heavy atom. The Balaban J connectivity index is 1.25. The molecule has 280 valence electrons. The summed E-state index contributed by atoms with van der Waals surface area (Å²) in [7, 11) is -0.974. The Bertz CT molecular complexity index is 2920. The number of furan rings is 1. The van der Waals surface area contributed by atoms with Gasteiger partial charge in [0.05, 0.1) is 51.9 Å². The minimum Gasteiger partial charge on any atom is -0.455 e. The number of hydrogen-bond donors (Lipinski definition) is 2. The number of nitrogens with zero attached hydrogens (tertiary/aromatic N) is 5. The predicted octanol–water partition coefficient (Wildman–Crippen LogP) is 5.78. The number of hydrogen-bond acceptors (Lipinski definition) is 8. The number of halogens is 2. The fourth-order valence-electron chi connectivity index (χ4n) is 8.13. The van der Waals surface area contributed by atoms with Gasteiger partial charge in [0.1, 0.15) is 28.6 Å². The van der Waals surface area contributed by atoms with Crippen molar-refractivity contribution in [1.82, 2.24) is 29.9 Å². The van der Waals surface area contributed by atoms with Gasteiger partial charge in [0, 0.05) is 68.0 Å². The van der Waals surface area contributed by atoms with Crippen molar-refractivity contribution in [3.63, 3.8) is 0 Å². The minimum absolute atomic E-state index is 0.00677. The van der Waals surface area contributed by atoms with E-state index in [9.17, 15) is 18.0 Å². The number of aromatic nitrogens is 3. The van der Waals surface area contributed by atoms with Crippen LogP contribution in [0.2, 0.25) is 0 Å². The molecule has 0 unspecified atom stereocenters. The normalized spacial score (nSPS) is 15.7. The molecule has 2 aliphatic heterocycles. The summed E-state index contributed by atoms with van der Waals surface area (Å²) in [6.07, 6.45) is 1.56. The molecule has 2 saturated heterocycles. The van der Waals surface area contributed by atoms with Gasteiger partial charge in [-0.1, -0.05) is 12.1 Å². The standard InChI is InChI=1S/C40H35F2N7O5S/c1-21-8-9-22(27(42)12-21)38-36(39(51)43-2)25-13-24(31(15-33(25)54-38)47(3)55(4,52)53)28-10-11-29-37(46-28)32-14-23-26(41)6-5-7-30(23)49(32)34(45-29)17-48-19-40(20-48)16-35(50)44-18-40/h5-15H,16-20H2,1-4H3,(H,43,51)(H,44,50). The number of carbonyl (C=O) groups is 2. The molecule has 0 aliphatic carbocycles. The first-order chi connectivity index (χ1) is 26.2. The van der Waals surface area contributed by atoms with Crippen molar-refractivity contribution in [1.29, 1.82) is 0 Å². The van der Waals surface area contributed by atoms with Crippen LogP contribution in [0.25, 0.3) is 61.0 Å². The predicted molar refractivity (Wildman–Crippen MR) is 205 cm³/mol. The third kappa shape index (κ3) is 5.59. The van der Waals surface area contributed by atoms with Crippen molar-refractivity contribution in [3.8, 4) is 22.6 Å². The molecule has 55 heavy (non-hydrogen) atoms. The molecule has 0 radical (unpaired) electrons. The van der Waals surface area contributed by atoms with Crippen LogP contribution in [0, 0.1) is 24.0 Å². The molecule has 9 rings (SSSR count). The first-order valence-electron chi connectivity index (χ1n) is 17.7. The highest BCUT2D eigenvalue weighted by Crippen LogP contribution is 2.43. The lowest BCUT2D eigenvalue weighted by Crippen LogP contribution is -2.56. The highest BCUT2D eigenvalue weighted by atomic mass is 32.2. The van der Waals surface area contributed by atoms with Crippen molar-refractivity contribution in [2.24, 2.45) is 5.41 Å². The number of pyridine rings is 1. The molecule has 15 heteroatoms. The first-order valence-corrected chi connectivity index (χ1v) is 19.5. The summed E-state index contributed by atoms with van der Waals surface area (Å²) >= 11 is 0. The Morgan fingerprint density at radius 1 is 1.00 bits per heavy atom. The third-order valence-corrected chi connectivity index (χ3v) is 12.0. The lowest BCUT2D eigenvalue weighted by Gasteiger charge is -2.46. The van der Waals surface area contributed by atoms with Gasteiger partial charge in [-0.2, -0.15) is 0 Å². The molecular formula is C40H35F2N7O5S. The van der Waals surface area contributed by atoms with Gasteiger partial charge in [0.25, 0.3) is 5.91 Å². The number of benzene rings is 3. The lowest BCUT2D eigenvalue weighted by molar-refractivity contribution is -0.120. The smallest absolute Gasteiger partial charge is 0.255 e. The maximum absolute atomic E-state index is 15.4. The Morgan fingerprint density at radius 3 is 2.51 bits per heavy atom. The molecule has 3 aromatic carbocycles. The van der Waals surface area contributed by atoms with Crippen LogP contribution in [0.4, 0.5) is 14.5 Å². The summed E-state index contributed by atoms with van der Waals surface area (Å²) in [5, 5.41) is 6.26. The molecule has 0 atom stereocenters. The van der Waals surface area contributed by atoms with Gasteiger partial charge in [0.15, 0.2) is 5.76 Å². The number of fused-ring (bicyclic) bond motifs is 6. The molecule has 1 spiro atoms. The topological polar surface area (TPSA) is 142 Å². The fourth-order valence-corrected chi connectivity index (χ4v) is 8.64. The van der Waals surface area contributed by atoms with Crippen molar-refractivity contribution >= 4 is 65.9 Å². The average molecular weight is 764 g/mol. The van der Waals surface area contributed by atoms with E-state index in [0.29, 0.717) is 75.0 Å². The van der Waals surface area contributed by atoms with Crippen LogP contribution in [0.5, 0.6) is 0 Å². The highest BCUT2D eigenvalue weighted by molar-refractivity contribution is 7.92. The van der Waals surface area contributed by atoms with E-state index in [-0.39, 0.29) is 39.5 Å². The van der Waals surface area contributed by atoms with E-state index < -0.39 is 27.6 Å². The van der Waals surface area contributed by atoms with Crippen LogP contribution < -0.4 is 14.9 Å². The Kier molecular flexibility index (Phi) is 7.78. The zero-order valence-corrected chi connectivity index (χ0v) is 31.1. The van der Waals surface area contributed by atoms with E-state index in [1.807, 2.05) is 10.5 Å². The molecular weight excluding hydrogens is 729 g/mol. The van der Waals surface area contributed by atoms with E-state index in [2.05, 4.69) is 15.5 Å². The van der Waals surface area contributed by atoms with E-state index in [0.717, 1.165) is 23.7 Å². The molecule has 0 bridgehead atoms. The average Bonchev–Trinajstić information content (AvgIpc) is 3.84. The van der Waals surface area contributed by atoms with E-state index in [1.165, 1.54) is 38.4 Å². The second-order valence-corrected chi connectivity index (χ2v) is 16.7. The zero-order chi connectivity index (χ0) is 38.6. The van der Waals surface area contributed by atoms with Gasteiger partial charge < -0.3 is 15.1 Å². The maximum Gasteiger partial charge on any atom is 0.255 e. The van der Waals surface area contributed by atoms with Crippen molar-refractivity contribution < 1.29 is 31.2 Å². The van der Waals surface area contributed by atoms with Crippen LogP contribution in [-0.4, -0.2) is 79.5 Å². The number of nitrogens with one attached hydrogen (secondary N) is 2. The molecule has 4 aromatic heterocycles. The molecule has 2 aliphatic rings. The van der Waals surface area contributed by atoms with Crippen LogP contribution in [-0.2, 0) is 21.4 Å². The quantitative estimate of drug-likeness (QED) is 0.208. The van der Waals surface area contributed by atoms with Gasteiger partial charge in [-0.05, 0) is 61.0 Å². The SMILES string of the molecule is CNC(=O)c1c(-c2ccc(C)cc2F)oc2cc(N(C)S(C)(=O)=O)c(-c3ccc4nc(CN5CC6(CNC(=O)C6)C5)n5c6cccc(F)c6cc5c4n3)cc12. The molecule has 6 heterocycles. The first kappa shape index (κ1) is 34.8. The van der Waals surface area contributed by atoms with Crippen LogP contribution in [0.1, 0.15) is 28.2 Å². The second kappa shape index (κ2) is 12.3. The van der Waals surface area contributed by atoms with Crippen LogP contribution >= 0.6 is 0 Å². The van der Waals surface area contributed by atoms with E-state index in [4.69, 9.17) is 14.4 Å². The van der Waals surface area contributed by atoms with Crippen LogP contribution in [0.3, 0.4) is 0 Å². The summed E-state index contributed by atoms with van der Waals surface area (Å²) in [4.78, 5) is 37.7. The minimum atomic E-state index is -3.83.